The smallest absolute Gasteiger partial charge is 0.335 e. The minimum atomic E-state index is -0.954. The van der Waals surface area contributed by atoms with Crippen molar-refractivity contribution in [1.82, 2.24) is 5.32 Å². The number of carboxylic acid groups (broad SMARTS) is 1. The van der Waals surface area contributed by atoms with E-state index in [9.17, 15) is 14.7 Å². The van der Waals surface area contributed by atoms with E-state index in [4.69, 9.17) is 14.6 Å². The van der Waals surface area contributed by atoms with Gasteiger partial charge in [-0.3, -0.25) is 0 Å². The fraction of sp³-hybridized carbons (Fsp3) is 0.310. The third-order valence-corrected chi connectivity index (χ3v) is 7.49. The maximum absolute atomic E-state index is 12.0. The van der Waals surface area contributed by atoms with Gasteiger partial charge < -0.3 is 30.3 Å². The minimum absolute atomic E-state index is 0.00802. The van der Waals surface area contributed by atoms with E-state index in [-0.39, 0.29) is 36.3 Å². The van der Waals surface area contributed by atoms with Crippen molar-refractivity contribution in [2.45, 2.75) is 43.8 Å². The second-order valence-electron chi connectivity index (χ2n) is 9.07. The van der Waals surface area contributed by atoms with Crippen LogP contribution in [0, 0.1) is 5.92 Å². The zero-order chi connectivity index (χ0) is 27.1. The Morgan fingerprint density at radius 2 is 1.71 bits per heavy atom. The van der Waals surface area contributed by atoms with E-state index in [1.54, 1.807) is 36.0 Å². The molecule has 0 aromatic heterocycles. The number of hydrogen-bond acceptors (Lipinski definition) is 6. The molecule has 9 heteroatoms. The second-order valence-corrected chi connectivity index (χ2v) is 10.2. The van der Waals surface area contributed by atoms with Crippen molar-refractivity contribution in [1.29, 1.82) is 0 Å². The number of aliphatic hydroxyl groups excluding tert-OH is 1. The zero-order valence-corrected chi connectivity index (χ0v) is 22.1. The summed E-state index contributed by atoms with van der Waals surface area (Å²) in [7, 11) is 0. The quantitative estimate of drug-likeness (QED) is 0.263. The lowest BCUT2D eigenvalue weighted by Gasteiger charge is -2.41. The maximum atomic E-state index is 12.0. The standard InChI is InChI=1S/C29H32N2O6S/c1-3-30-29(35)31-23-6-4-5-22(15-23)28-36-25(17-38-24-13-11-21(12-14-24)27(33)34)18(2)26(37-28)20-9-7-19(16-32)8-10-20/h4-15,18,25-26,28,32H,3,16-17H2,1-2H3,(H,33,34)(H2,30,31,35)/t18-,25+,26+,28+/m1/s1. The number of nitrogens with one attached hydrogen (secondary N) is 2. The number of carbonyl (C=O) groups excluding carboxylic acids is 1. The summed E-state index contributed by atoms with van der Waals surface area (Å²) in [5.74, 6) is -0.311. The van der Waals surface area contributed by atoms with Crippen molar-refractivity contribution in [2.75, 3.05) is 17.6 Å². The van der Waals surface area contributed by atoms with E-state index < -0.39 is 12.3 Å². The lowest BCUT2D eigenvalue weighted by atomic mass is 9.91. The first-order valence-corrected chi connectivity index (χ1v) is 13.5. The van der Waals surface area contributed by atoms with E-state index in [1.165, 1.54) is 0 Å². The molecule has 4 atom stereocenters. The van der Waals surface area contributed by atoms with Crippen LogP contribution in [-0.4, -0.2) is 40.6 Å². The molecule has 1 heterocycles. The summed E-state index contributed by atoms with van der Waals surface area (Å²) in [6.07, 6.45) is -1.11. The molecule has 4 rings (SSSR count). The summed E-state index contributed by atoms with van der Waals surface area (Å²) in [4.78, 5) is 24.2. The molecule has 0 saturated carbocycles. The molecule has 1 saturated heterocycles. The molecule has 2 amide bonds. The van der Waals surface area contributed by atoms with E-state index in [0.29, 0.717) is 18.0 Å². The highest BCUT2D eigenvalue weighted by Crippen LogP contribution is 2.43. The van der Waals surface area contributed by atoms with Gasteiger partial charge in [0.25, 0.3) is 0 Å². The summed E-state index contributed by atoms with van der Waals surface area (Å²) in [6, 6.07) is 21.6. The molecular formula is C29H32N2O6S. The second kappa shape index (κ2) is 12.9. The number of hydrogen-bond donors (Lipinski definition) is 4. The van der Waals surface area contributed by atoms with Gasteiger partial charge in [-0.2, -0.15) is 0 Å². The summed E-state index contributed by atoms with van der Waals surface area (Å²) in [5.41, 5.74) is 3.47. The predicted octanol–water partition coefficient (Wildman–Crippen LogP) is 5.60. The van der Waals surface area contributed by atoms with Crippen molar-refractivity contribution >= 4 is 29.4 Å². The number of ether oxygens (including phenoxy) is 2. The summed E-state index contributed by atoms with van der Waals surface area (Å²) in [5, 5.41) is 24.2. The van der Waals surface area contributed by atoms with E-state index >= 15 is 0 Å². The van der Waals surface area contributed by atoms with Crippen molar-refractivity contribution in [3.63, 3.8) is 0 Å². The average molecular weight is 537 g/mol. The van der Waals surface area contributed by atoms with Crippen LogP contribution < -0.4 is 10.6 Å². The zero-order valence-electron chi connectivity index (χ0n) is 21.3. The SMILES string of the molecule is CCNC(=O)Nc1cccc([C@H]2O[C@@H](CSc3ccc(C(=O)O)cc3)[C@@H](C)[C@@H](c3ccc(CO)cc3)O2)c1. The number of urea groups is 1. The van der Waals surface area contributed by atoms with Gasteiger partial charge in [0.1, 0.15) is 0 Å². The number of thioether (sulfide) groups is 1. The number of benzene rings is 3. The average Bonchev–Trinajstić information content (AvgIpc) is 2.93. The highest BCUT2D eigenvalue weighted by Gasteiger charge is 2.38. The minimum Gasteiger partial charge on any atom is -0.478 e. The molecule has 3 aromatic carbocycles. The Morgan fingerprint density at radius 3 is 2.37 bits per heavy atom. The number of carbonyl (C=O) groups is 2. The van der Waals surface area contributed by atoms with Crippen LogP contribution in [0.1, 0.15) is 53.3 Å². The molecule has 0 radical (unpaired) electrons. The molecule has 38 heavy (non-hydrogen) atoms. The summed E-state index contributed by atoms with van der Waals surface area (Å²) < 4.78 is 13.0. The first-order valence-electron chi connectivity index (χ1n) is 12.5. The van der Waals surface area contributed by atoms with Crippen molar-refractivity contribution in [3.8, 4) is 0 Å². The Kier molecular flexibility index (Phi) is 9.41. The van der Waals surface area contributed by atoms with Crippen LogP contribution in [0.25, 0.3) is 0 Å². The monoisotopic (exact) mass is 536 g/mol. The van der Waals surface area contributed by atoms with Crippen molar-refractivity contribution < 1.29 is 29.3 Å². The molecule has 0 unspecified atom stereocenters. The third-order valence-electron chi connectivity index (χ3n) is 6.39. The van der Waals surface area contributed by atoms with Crippen molar-refractivity contribution in [2.24, 2.45) is 5.92 Å². The first-order chi connectivity index (χ1) is 18.4. The largest absolute Gasteiger partial charge is 0.478 e. The van der Waals surface area contributed by atoms with E-state index in [2.05, 4.69) is 17.6 Å². The summed E-state index contributed by atoms with van der Waals surface area (Å²) >= 11 is 1.60. The Bertz CT molecular complexity index is 1230. The van der Waals surface area contributed by atoms with Gasteiger partial charge in [0.15, 0.2) is 6.29 Å². The Morgan fingerprint density at radius 1 is 0.974 bits per heavy atom. The van der Waals surface area contributed by atoms with Crippen LogP contribution in [0.2, 0.25) is 0 Å². The normalized spacial score (nSPS) is 21.0. The Balaban J connectivity index is 1.56. The molecule has 1 aliphatic heterocycles. The Labute approximate surface area is 226 Å². The van der Waals surface area contributed by atoms with Gasteiger partial charge in [-0.15, -0.1) is 11.8 Å². The first kappa shape index (κ1) is 27.7. The fourth-order valence-corrected chi connectivity index (χ4v) is 5.35. The molecule has 0 aliphatic carbocycles. The van der Waals surface area contributed by atoms with Gasteiger partial charge in [-0.25, -0.2) is 9.59 Å². The number of rotatable bonds is 9. The van der Waals surface area contributed by atoms with E-state index in [1.807, 2.05) is 55.5 Å². The molecule has 4 N–H and O–H groups in total. The highest BCUT2D eigenvalue weighted by molar-refractivity contribution is 7.99. The Hall–Kier alpha value is -3.37. The van der Waals surface area contributed by atoms with Gasteiger partial charge >= 0.3 is 12.0 Å². The molecule has 1 fully saturated rings. The van der Waals surface area contributed by atoms with Gasteiger partial charge in [0.05, 0.1) is 24.4 Å². The lowest BCUT2D eigenvalue weighted by molar-refractivity contribution is -0.268. The number of aliphatic hydroxyl groups is 1. The molecule has 200 valence electrons. The number of aromatic carboxylic acids is 1. The van der Waals surface area contributed by atoms with Gasteiger partial charge in [-0.05, 0) is 54.4 Å². The number of anilines is 1. The van der Waals surface area contributed by atoms with Gasteiger partial charge in [0, 0.05) is 34.4 Å². The topological polar surface area (TPSA) is 117 Å². The maximum Gasteiger partial charge on any atom is 0.335 e. The van der Waals surface area contributed by atoms with Crippen LogP contribution in [0.4, 0.5) is 10.5 Å². The number of carboxylic acids is 1. The molecule has 8 nitrogen and oxygen atoms in total. The number of amides is 2. The third kappa shape index (κ3) is 6.93. The van der Waals surface area contributed by atoms with Crippen LogP contribution in [0.5, 0.6) is 0 Å². The summed E-state index contributed by atoms with van der Waals surface area (Å²) in [6.45, 7) is 4.44. The molecule has 0 bridgehead atoms. The molecule has 0 spiro atoms. The van der Waals surface area contributed by atoms with Crippen molar-refractivity contribution in [3.05, 3.63) is 95.1 Å². The van der Waals surface area contributed by atoms with Crippen LogP contribution in [0.3, 0.4) is 0 Å². The van der Waals surface area contributed by atoms with Crippen LogP contribution in [-0.2, 0) is 16.1 Å². The molecule has 3 aromatic rings. The highest BCUT2D eigenvalue weighted by atomic mass is 32.2. The lowest BCUT2D eigenvalue weighted by Crippen LogP contribution is -2.38. The van der Waals surface area contributed by atoms with Gasteiger partial charge in [0.2, 0.25) is 0 Å². The molecular weight excluding hydrogens is 504 g/mol. The van der Waals surface area contributed by atoms with E-state index in [0.717, 1.165) is 21.6 Å². The fourth-order valence-electron chi connectivity index (χ4n) is 4.28. The van der Waals surface area contributed by atoms with Crippen LogP contribution >= 0.6 is 11.8 Å². The van der Waals surface area contributed by atoms with Crippen LogP contribution in [0.15, 0.2) is 77.7 Å². The van der Waals surface area contributed by atoms with Gasteiger partial charge in [-0.1, -0.05) is 43.3 Å². The molecule has 1 aliphatic rings. The predicted molar refractivity (Wildman–Crippen MR) is 146 cm³/mol.